The molecule has 33 heavy (non-hydrogen) atoms. The number of hydrogen-bond donors (Lipinski definition) is 0. The highest BCUT2D eigenvalue weighted by Gasteiger charge is 2.31. The molecule has 1 unspecified atom stereocenters. The Labute approximate surface area is 192 Å². The topological polar surface area (TPSA) is 64.4 Å². The van der Waals surface area contributed by atoms with E-state index in [-0.39, 0.29) is 30.7 Å². The van der Waals surface area contributed by atoms with Crippen LogP contribution in [0.1, 0.15) is 34.9 Å². The van der Waals surface area contributed by atoms with Gasteiger partial charge in [0.05, 0.1) is 37.0 Å². The summed E-state index contributed by atoms with van der Waals surface area (Å²) in [5, 5.41) is 0.552. The summed E-state index contributed by atoms with van der Waals surface area (Å²) in [4.78, 5) is 33.1. The first-order valence-electron chi connectivity index (χ1n) is 10.7. The zero-order valence-electron chi connectivity index (χ0n) is 18.3. The van der Waals surface area contributed by atoms with Gasteiger partial charge in [0.15, 0.2) is 0 Å². The summed E-state index contributed by atoms with van der Waals surface area (Å²) in [6, 6.07) is 5.14. The van der Waals surface area contributed by atoms with E-state index in [9.17, 15) is 22.8 Å². The first-order valence-corrected chi connectivity index (χ1v) is 11.5. The second kappa shape index (κ2) is 9.26. The van der Waals surface area contributed by atoms with E-state index in [1.807, 2.05) is 11.9 Å². The molecule has 1 atom stereocenters. The number of halogens is 3. The molecule has 0 fully saturated rings. The van der Waals surface area contributed by atoms with Gasteiger partial charge in [-0.15, -0.1) is 11.3 Å². The number of nitrogens with zero attached hydrogens (tertiary/aromatic N) is 3. The van der Waals surface area contributed by atoms with E-state index in [0.717, 1.165) is 29.0 Å². The summed E-state index contributed by atoms with van der Waals surface area (Å²) in [7, 11) is 1.89. The molecule has 1 aromatic carbocycles. The van der Waals surface area contributed by atoms with Crippen LogP contribution in [0, 0.1) is 0 Å². The number of carbonyl (C=O) groups is 1. The molecule has 6 nitrogen and oxygen atoms in total. The van der Waals surface area contributed by atoms with Crippen LogP contribution in [-0.4, -0.2) is 46.7 Å². The van der Waals surface area contributed by atoms with E-state index >= 15 is 0 Å². The van der Waals surface area contributed by atoms with Crippen LogP contribution in [0.5, 0.6) is 0 Å². The van der Waals surface area contributed by atoms with Crippen LogP contribution in [0.15, 0.2) is 35.4 Å². The maximum absolute atomic E-state index is 13.2. The smallest absolute Gasteiger partial charge is 0.416 e. The van der Waals surface area contributed by atoms with Crippen molar-refractivity contribution in [2.75, 3.05) is 20.2 Å². The number of aryl methyl sites for hydroxylation is 1. The Morgan fingerprint density at radius 2 is 2.15 bits per heavy atom. The van der Waals surface area contributed by atoms with E-state index in [2.05, 4.69) is 4.98 Å². The van der Waals surface area contributed by atoms with Gasteiger partial charge in [-0.1, -0.05) is 12.1 Å². The number of likely N-dealkylation sites (N-methyl/N-ethyl adjacent to an activating group) is 1. The molecule has 0 N–H and O–H groups in total. The van der Waals surface area contributed by atoms with Gasteiger partial charge in [0.2, 0.25) is 0 Å². The van der Waals surface area contributed by atoms with Gasteiger partial charge >= 0.3 is 12.1 Å². The van der Waals surface area contributed by atoms with Crippen molar-refractivity contribution in [3.05, 3.63) is 62.5 Å². The third-order valence-corrected chi connectivity index (χ3v) is 7.09. The molecule has 0 bridgehead atoms. The lowest BCUT2D eigenvalue weighted by atomic mass is 9.92. The maximum Gasteiger partial charge on any atom is 0.416 e. The number of carbonyl (C=O) groups excluding carboxylic acids is 1. The van der Waals surface area contributed by atoms with Gasteiger partial charge in [-0.05, 0) is 56.5 Å². The molecule has 0 saturated heterocycles. The minimum atomic E-state index is -4.44. The van der Waals surface area contributed by atoms with Gasteiger partial charge < -0.3 is 4.74 Å². The van der Waals surface area contributed by atoms with E-state index in [1.54, 1.807) is 13.0 Å². The number of fused-ring (bicyclic) bond motifs is 3. The third-order valence-electron chi connectivity index (χ3n) is 5.92. The molecule has 0 amide bonds. The fraction of sp³-hybridized carbons (Fsp3) is 0.435. The van der Waals surface area contributed by atoms with Crippen LogP contribution in [0.3, 0.4) is 0 Å². The number of rotatable bonds is 6. The molecular formula is C23H24F3N3O3S. The standard InChI is InChI=1S/C23H24F3N3O3S/c1-3-32-19(30)12-28(2)16-7-8-17-18(10-16)33-21-20(17)22(31)29(13-27-21)11-14-5-4-6-15(9-14)23(24,25)26/h4-6,9,13,16H,3,7-8,10-12H2,1-2H3. The van der Waals surface area contributed by atoms with Crippen LogP contribution in [0.25, 0.3) is 10.2 Å². The quantitative estimate of drug-likeness (QED) is 0.502. The highest BCUT2D eigenvalue weighted by Crippen LogP contribution is 2.35. The first kappa shape index (κ1) is 23.4. The lowest BCUT2D eigenvalue weighted by molar-refractivity contribution is -0.144. The van der Waals surface area contributed by atoms with Crippen LogP contribution in [0.2, 0.25) is 0 Å². The summed E-state index contributed by atoms with van der Waals surface area (Å²) >= 11 is 1.47. The third kappa shape index (κ3) is 4.96. The fourth-order valence-electron chi connectivity index (χ4n) is 4.25. The Morgan fingerprint density at radius 1 is 1.36 bits per heavy atom. The molecule has 1 aliphatic carbocycles. The lowest BCUT2D eigenvalue weighted by Crippen LogP contribution is -2.39. The molecule has 0 saturated carbocycles. The van der Waals surface area contributed by atoms with Gasteiger partial charge in [0, 0.05) is 10.9 Å². The number of ether oxygens (including phenoxy) is 1. The van der Waals surface area contributed by atoms with Crippen LogP contribution in [-0.2, 0) is 35.1 Å². The summed E-state index contributed by atoms with van der Waals surface area (Å²) < 4.78 is 45.5. The van der Waals surface area contributed by atoms with Crippen molar-refractivity contribution in [3.63, 3.8) is 0 Å². The monoisotopic (exact) mass is 479 g/mol. The van der Waals surface area contributed by atoms with Gasteiger partial charge in [-0.2, -0.15) is 13.2 Å². The number of esters is 1. The Kier molecular flexibility index (Phi) is 6.58. The van der Waals surface area contributed by atoms with Crippen LogP contribution in [0.4, 0.5) is 13.2 Å². The van der Waals surface area contributed by atoms with Crippen molar-refractivity contribution in [3.8, 4) is 0 Å². The Balaban J connectivity index is 1.58. The maximum atomic E-state index is 13.2. The molecule has 2 heterocycles. The van der Waals surface area contributed by atoms with Crippen molar-refractivity contribution < 1.29 is 22.7 Å². The minimum absolute atomic E-state index is 0.0151. The largest absolute Gasteiger partial charge is 0.465 e. The summed E-state index contributed by atoms with van der Waals surface area (Å²) in [5.74, 6) is -0.263. The van der Waals surface area contributed by atoms with Gasteiger partial charge in [-0.25, -0.2) is 4.98 Å². The van der Waals surface area contributed by atoms with Gasteiger partial charge in [0.1, 0.15) is 4.83 Å². The van der Waals surface area contributed by atoms with Crippen LogP contribution < -0.4 is 5.56 Å². The summed E-state index contributed by atoms with van der Waals surface area (Å²) in [5.41, 5.74) is 0.366. The molecule has 10 heteroatoms. The van der Waals surface area contributed by atoms with Crippen molar-refractivity contribution in [1.82, 2.24) is 14.5 Å². The average molecular weight is 480 g/mol. The number of thiophene rings is 1. The molecule has 176 valence electrons. The number of benzene rings is 1. The number of aromatic nitrogens is 2. The Bertz CT molecular complexity index is 1240. The first-order chi connectivity index (χ1) is 15.7. The van der Waals surface area contributed by atoms with E-state index in [4.69, 9.17) is 4.74 Å². The number of hydrogen-bond acceptors (Lipinski definition) is 6. The Morgan fingerprint density at radius 3 is 2.88 bits per heavy atom. The molecule has 0 radical (unpaired) electrons. The minimum Gasteiger partial charge on any atom is -0.465 e. The fourth-order valence-corrected chi connectivity index (χ4v) is 5.50. The van der Waals surface area contributed by atoms with E-state index in [0.29, 0.717) is 35.2 Å². The molecule has 2 aromatic heterocycles. The predicted octanol–water partition coefficient (Wildman–Crippen LogP) is 3.88. The zero-order chi connectivity index (χ0) is 23.8. The molecule has 4 rings (SSSR count). The van der Waals surface area contributed by atoms with Crippen molar-refractivity contribution >= 4 is 27.5 Å². The molecule has 1 aliphatic rings. The highest BCUT2D eigenvalue weighted by molar-refractivity contribution is 7.18. The summed E-state index contributed by atoms with van der Waals surface area (Å²) in [6.45, 7) is 2.34. The SMILES string of the molecule is CCOC(=O)CN(C)C1CCc2c(sc3ncn(Cc4cccc(C(F)(F)F)c4)c(=O)c23)C1. The predicted molar refractivity (Wildman–Crippen MR) is 120 cm³/mol. The van der Waals surface area contributed by atoms with Crippen LogP contribution >= 0.6 is 11.3 Å². The summed E-state index contributed by atoms with van der Waals surface area (Å²) in [6.07, 6.45) is -0.864. The Hall–Kier alpha value is -2.72. The molecule has 0 spiro atoms. The second-order valence-electron chi connectivity index (χ2n) is 8.18. The average Bonchev–Trinajstić information content (AvgIpc) is 3.14. The normalized spacial score (nSPS) is 16.2. The second-order valence-corrected chi connectivity index (χ2v) is 9.26. The molecular weight excluding hydrogens is 455 g/mol. The zero-order valence-corrected chi connectivity index (χ0v) is 19.1. The van der Waals surface area contributed by atoms with E-state index in [1.165, 1.54) is 28.3 Å². The lowest BCUT2D eigenvalue weighted by Gasteiger charge is -2.30. The van der Waals surface area contributed by atoms with Gasteiger partial charge in [0.25, 0.3) is 5.56 Å². The van der Waals surface area contributed by atoms with Crippen molar-refractivity contribution in [1.29, 1.82) is 0 Å². The van der Waals surface area contributed by atoms with Crippen molar-refractivity contribution in [2.45, 2.75) is 44.9 Å². The molecule has 0 aliphatic heterocycles. The van der Waals surface area contributed by atoms with Crippen molar-refractivity contribution in [2.24, 2.45) is 0 Å². The van der Waals surface area contributed by atoms with Gasteiger partial charge in [-0.3, -0.25) is 19.1 Å². The number of alkyl halides is 3. The van der Waals surface area contributed by atoms with E-state index < -0.39 is 11.7 Å². The highest BCUT2D eigenvalue weighted by atomic mass is 32.1. The molecule has 3 aromatic rings.